The molecule has 2 N–H and O–H groups in total. The number of aromatic carboxylic acids is 1. The Hall–Kier alpha value is -3.09. The van der Waals surface area contributed by atoms with Crippen LogP contribution in [0, 0.1) is 5.82 Å². The van der Waals surface area contributed by atoms with E-state index >= 15 is 0 Å². The molecule has 0 spiro atoms. The smallest absolute Gasteiger partial charge is 0.545 e. The molecular weight excluding hydrogens is 544 g/mol. The molecule has 5 nitrogen and oxygen atoms in total. The molecule has 0 fully saturated rings. The van der Waals surface area contributed by atoms with Gasteiger partial charge in [-0.3, -0.25) is 0 Å². The predicted octanol–water partition coefficient (Wildman–Crippen LogP) is 2.88. The number of anilines is 1. The standard InChI is InChI=1S/C26H19F7N2O3.Na/c27-22-10-16(25(28,29)30)5-4-13(22)12-38-23-21(9-17(11-35-23)26(31,32)33)20-3-1-2-19(20)14-6-15(24(36)37)8-18(34)7-14;/h4-11H,1-3,12,34H2,(H,36,37);/q;+1/p-1. The van der Waals surface area contributed by atoms with Gasteiger partial charge in [0, 0.05) is 23.0 Å². The second-order valence-electron chi connectivity index (χ2n) is 8.61. The molecule has 1 aliphatic carbocycles. The number of benzene rings is 2. The number of carboxylic acids is 1. The summed E-state index contributed by atoms with van der Waals surface area (Å²) in [6.07, 6.45) is -7.79. The number of nitrogens with two attached hydrogens (primary N) is 1. The van der Waals surface area contributed by atoms with Gasteiger partial charge in [-0.1, -0.05) is 6.07 Å². The number of hydrogen-bond donors (Lipinski definition) is 1. The van der Waals surface area contributed by atoms with Crippen molar-refractivity contribution in [2.75, 3.05) is 5.73 Å². The van der Waals surface area contributed by atoms with Crippen LogP contribution < -0.4 is 45.1 Å². The largest absolute Gasteiger partial charge is 1.00 e. The number of pyridine rings is 1. The summed E-state index contributed by atoms with van der Waals surface area (Å²) in [6.45, 7) is -0.606. The normalized spacial score (nSPS) is 13.8. The Morgan fingerprint density at radius 1 is 0.949 bits per heavy atom. The van der Waals surface area contributed by atoms with Crippen LogP contribution in [0.1, 0.15) is 57.4 Å². The second-order valence-corrected chi connectivity index (χ2v) is 8.61. The van der Waals surface area contributed by atoms with Crippen LogP contribution in [-0.4, -0.2) is 11.0 Å². The van der Waals surface area contributed by atoms with Crippen molar-refractivity contribution in [2.45, 2.75) is 38.2 Å². The third-order valence-corrected chi connectivity index (χ3v) is 6.01. The van der Waals surface area contributed by atoms with Crippen LogP contribution in [0.5, 0.6) is 5.88 Å². The number of allylic oxidation sites excluding steroid dienone is 2. The van der Waals surface area contributed by atoms with E-state index in [0.717, 1.165) is 12.1 Å². The molecule has 0 saturated carbocycles. The summed E-state index contributed by atoms with van der Waals surface area (Å²) in [5.74, 6) is -2.98. The Morgan fingerprint density at radius 3 is 2.23 bits per heavy atom. The van der Waals surface area contributed by atoms with Gasteiger partial charge in [-0.25, -0.2) is 9.37 Å². The minimum absolute atomic E-state index is 0. The molecule has 0 amide bonds. The van der Waals surface area contributed by atoms with Crippen molar-refractivity contribution in [1.29, 1.82) is 0 Å². The molecule has 3 aromatic rings. The fourth-order valence-electron chi connectivity index (χ4n) is 4.23. The fraction of sp³-hybridized carbons (Fsp3) is 0.231. The van der Waals surface area contributed by atoms with Gasteiger partial charge in [0.1, 0.15) is 12.4 Å². The number of carbonyl (C=O) groups is 1. The maximum atomic E-state index is 14.3. The zero-order valence-electron chi connectivity index (χ0n) is 20.3. The van der Waals surface area contributed by atoms with Crippen molar-refractivity contribution in [3.8, 4) is 5.88 Å². The number of halogens is 7. The molecule has 200 valence electrons. The number of hydrogen-bond acceptors (Lipinski definition) is 5. The first kappa shape index (κ1) is 30.5. The van der Waals surface area contributed by atoms with Crippen LogP contribution in [-0.2, 0) is 19.0 Å². The molecule has 4 rings (SSSR count). The van der Waals surface area contributed by atoms with E-state index in [4.69, 9.17) is 10.5 Å². The molecule has 0 bridgehead atoms. The summed E-state index contributed by atoms with van der Waals surface area (Å²) in [5.41, 5.74) is 4.39. The van der Waals surface area contributed by atoms with Gasteiger partial charge in [0.15, 0.2) is 0 Å². The summed E-state index contributed by atoms with van der Waals surface area (Å²) in [4.78, 5) is 15.1. The summed E-state index contributed by atoms with van der Waals surface area (Å²) in [6, 6.07) is 6.61. The third kappa shape index (κ3) is 6.92. The number of nitrogen functional groups attached to an aromatic ring is 1. The van der Waals surface area contributed by atoms with E-state index in [1.54, 1.807) is 0 Å². The first-order valence-corrected chi connectivity index (χ1v) is 11.1. The van der Waals surface area contributed by atoms with Gasteiger partial charge in [0.25, 0.3) is 0 Å². The zero-order chi connectivity index (χ0) is 27.8. The molecule has 0 saturated heterocycles. The number of carbonyl (C=O) groups excluding carboxylic acids is 1. The third-order valence-electron chi connectivity index (χ3n) is 6.01. The Balaban J connectivity index is 0.00000420. The van der Waals surface area contributed by atoms with Crippen molar-refractivity contribution in [2.24, 2.45) is 0 Å². The van der Waals surface area contributed by atoms with Crippen LogP contribution in [0.3, 0.4) is 0 Å². The van der Waals surface area contributed by atoms with E-state index in [2.05, 4.69) is 4.98 Å². The van der Waals surface area contributed by atoms with E-state index in [-0.39, 0.29) is 57.8 Å². The van der Waals surface area contributed by atoms with Crippen molar-refractivity contribution < 1.29 is 74.9 Å². The quantitative estimate of drug-likeness (QED) is 0.284. The van der Waals surface area contributed by atoms with Crippen LogP contribution in [0.2, 0.25) is 0 Å². The minimum Gasteiger partial charge on any atom is -0.545 e. The van der Waals surface area contributed by atoms with Gasteiger partial charge in [-0.05, 0) is 77.9 Å². The Labute approximate surface area is 239 Å². The van der Waals surface area contributed by atoms with Crippen LogP contribution in [0.4, 0.5) is 36.4 Å². The molecule has 0 radical (unpaired) electrons. The summed E-state index contributed by atoms with van der Waals surface area (Å²) < 4.78 is 98.9. The number of rotatable bonds is 6. The van der Waals surface area contributed by atoms with E-state index in [1.807, 2.05) is 0 Å². The van der Waals surface area contributed by atoms with Gasteiger partial charge in [0.2, 0.25) is 5.88 Å². The Bertz CT molecular complexity index is 1440. The zero-order valence-corrected chi connectivity index (χ0v) is 22.3. The van der Waals surface area contributed by atoms with E-state index in [9.17, 15) is 40.6 Å². The fourth-order valence-corrected chi connectivity index (χ4v) is 4.23. The average molecular weight is 562 g/mol. The minimum atomic E-state index is -4.76. The van der Waals surface area contributed by atoms with E-state index in [1.165, 1.54) is 18.2 Å². The average Bonchev–Trinajstić information content (AvgIpc) is 3.31. The first-order valence-electron chi connectivity index (χ1n) is 11.1. The molecule has 0 atom stereocenters. The van der Waals surface area contributed by atoms with Gasteiger partial charge in [0.05, 0.1) is 17.1 Å². The first-order chi connectivity index (χ1) is 17.7. The SMILES string of the molecule is Nc1cc(C(=O)[O-])cc(C2=C(c3cc(C(F)(F)F)cnc3OCc3ccc(C(F)(F)F)cc3F)CCC2)c1.[Na+]. The molecule has 2 aromatic carbocycles. The van der Waals surface area contributed by atoms with Crippen LogP contribution in [0.15, 0.2) is 48.7 Å². The molecule has 1 aromatic heterocycles. The van der Waals surface area contributed by atoms with Crippen molar-refractivity contribution in [1.82, 2.24) is 4.98 Å². The van der Waals surface area contributed by atoms with E-state index in [0.29, 0.717) is 54.3 Å². The molecule has 1 aliphatic rings. The number of carboxylic acid groups (broad SMARTS) is 1. The number of ether oxygens (including phenoxy) is 1. The van der Waals surface area contributed by atoms with Crippen LogP contribution in [0.25, 0.3) is 11.1 Å². The monoisotopic (exact) mass is 562 g/mol. The Kier molecular flexibility index (Phi) is 9.03. The van der Waals surface area contributed by atoms with Crippen molar-refractivity contribution >= 4 is 22.8 Å². The van der Waals surface area contributed by atoms with Gasteiger partial charge < -0.3 is 20.4 Å². The molecule has 13 heteroatoms. The molecule has 0 unspecified atom stereocenters. The summed E-state index contributed by atoms with van der Waals surface area (Å²) in [5, 5.41) is 11.4. The number of alkyl halides is 6. The summed E-state index contributed by atoms with van der Waals surface area (Å²) in [7, 11) is 0. The number of nitrogens with zero attached hydrogens (tertiary/aromatic N) is 1. The molecule has 1 heterocycles. The summed E-state index contributed by atoms with van der Waals surface area (Å²) >= 11 is 0. The Morgan fingerprint density at radius 2 is 1.62 bits per heavy atom. The van der Waals surface area contributed by atoms with Crippen molar-refractivity contribution in [3.63, 3.8) is 0 Å². The van der Waals surface area contributed by atoms with Gasteiger partial charge in [-0.15, -0.1) is 0 Å². The maximum Gasteiger partial charge on any atom is 1.00 e. The maximum absolute atomic E-state index is 14.3. The van der Waals surface area contributed by atoms with Crippen LogP contribution >= 0.6 is 0 Å². The topological polar surface area (TPSA) is 88.3 Å². The van der Waals surface area contributed by atoms with Gasteiger partial charge >= 0.3 is 41.9 Å². The van der Waals surface area contributed by atoms with Gasteiger partial charge in [-0.2, -0.15) is 26.3 Å². The van der Waals surface area contributed by atoms with E-state index < -0.39 is 41.9 Å². The van der Waals surface area contributed by atoms with Crippen molar-refractivity contribution in [3.05, 3.63) is 87.9 Å². The predicted molar refractivity (Wildman–Crippen MR) is 121 cm³/mol. The second kappa shape index (κ2) is 11.6. The number of aromatic nitrogens is 1. The molecule has 0 aliphatic heterocycles. The molecular formula is C26H18F7N2NaO3. The molecule has 39 heavy (non-hydrogen) atoms.